The Morgan fingerprint density at radius 1 is 1.17 bits per heavy atom. The number of fused-ring (bicyclic) bond motifs is 1. The van der Waals surface area contributed by atoms with E-state index in [1.54, 1.807) is 0 Å². The van der Waals surface area contributed by atoms with Gasteiger partial charge in [0.2, 0.25) is 5.91 Å². The molecule has 0 spiro atoms. The van der Waals surface area contributed by atoms with Gasteiger partial charge in [-0.1, -0.05) is 35.9 Å². The van der Waals surface area contributed by atoms with Gasteiger partial charge < -0.3 is 9.88 Å². The van der Waals surface area contributed by atoms with Crippen molar-refractivity contribution in [3.63, 3.8) is 0 Å². The predicted molar refractivity (Wildman–Crippen MR) is 97.6 cm³/mol. The van der Waals surface area contributed by atoms with Crippen LogP contribution in [0.25, 0.3) is 0 Å². The van der Waals surface area contributed by atoms with Crippen LogP contribution in [0.1, 0.15) is 41.8 Å². The number of hydrogen-bond acceptors (Lipinski definition) is 4. The zero-order valence-electron chi connectivity index (χ0n) is 14.6. The van der Waals surface area contributed by atoms with Crippen molar-refractivity contribution in [3.8, 4) is 0 Å². The van der Waals surface area contributed by atoms with Crippen LogP contribution in [0.3, 0.4) is 0 Å². The molecule has 128 valence electrons. The third kappa shape index (κ3) is 3.80. The molecule has 1 aliphatic heterocycles. The SMILES string of the molecule is Cc1cc(C)c(NC(=O)CSc2nnc3n2CCCCC3)c(C)c1. The molecule has 2 heterocycles. The first-order chi connectivity index (χ1) is 11.5. The van der Waals surface area contributed by atoms with Gasteiger partial charge in [0.25, 0.3) is 0 Å². The van der Waals surface area contributed by atoms with Crippen molar-refractivity contribution in [3.05, 3.63) is 34.6 Å². The van der Waals surface area contributed by atoms with E-state index in [-0.39, 0.29) is 5.91 Å². The van der Waals surface area contributed by atoms with E-state index in [0.29, 0.717) is 5.75 Å². The highest BCUT2D eigenvalue weighted by Gasteiger charge is 2.16. The Morgan fingerprint density at radius 2 is 1.92 bits per heavy atom. The molecular weight excluding hydrogens is 320 g/mol. The topological polar surface area (TPSA) is 59.8 Å². The van der Waals surface area contributed by atoms with Crippen molar-refractivity contribution < 1.29 is 4.79 Å². The van der Waals surface area contributed by atoms with Gasteiger partial charge in [-0.15, -0.1) is 10.2 Å². The molecular formula is C18H24N4OS. The van der Waals surface area contributed by atoms with Crippen molar-refractivity contribution >= 4 is 23.4 Å². The highest BCUT2D eigenvalue weighted by Crippen LogP contribution is 2.24. The molecule has 24 heavy (non-hydrogen) atoms. The van der Waals surface area contributed by atoms with Crippen molar-refractivity contribution in [1.29, 1.82) is 0 Å². The lowest BCUT2D eigenvalue weighted by molar-refractivity contribution is -0.113. The lowest BCUT2D eigenvalue weighted by Crippen LogP contribution is -2.16. The van der Waals surface area contributed by atoms with Crippen LogP contribution in [0, 0.1) is 20.8 Å². The van der Waals surface area contributed by atoms with E-state index in [9.17, 15) is 4.79 Å². The smallest absolute Gasteiger partial charge is 0.234 e. The molecule has 3 rings (SSSR count). The van der Waals surface area contributed by atoms with E-state index in [1.165, 1.54) is 30.2 Å². The fourth-order valence-corrected chi connectivity index (χ4v) is 4.03. The molecule has 0 aliphatic carbocycles. The van der Waals surface area contributed by atoms with E-state index in [0.717, 1.165) is 47.2 Å². The zero-order valence-corrected chi connectivity index (χ0v) is 15.4. The number of hydrogen-bond donors (Lipinski definition) is 1. The van der Waals surface area contributed by atoms with Gasteiger partial charge >= 0.3 is 0 Å². The van der Waals surface area contributed by atoms with Crippen molar-refractivity contribution in [2.45, 2.75) is 58.2 Å². The van der Waals surface area contributed by atoms with E-state index in [1.807, 2.05) is 13.8 Å². The van der Waals surface area contributed by atoms with Crippen LogP contribution in [-0.4, -0.2) is 26.4 Å². The molecule has 0 fully saturated rings. The molecule has 1 aromatic carbocycles. The number of nitrogens with one attached hydrogen (secondary N) is 1. The highest BCUT2D eigenvalue weighted by molar-refractivity contribution is 7.99. The molecule has 0 radical (unpaired) electrons. The second-order valence-corrected chi connectivity index (χ2v) is 7.41. The summed E-state index contributed by atoms with van der Waals surface area (Å²) in [6.07, 6.45) is 4.56. The fraction of sp³-hybridized carbons (Fsp3) is 0.500. The molecule has 0 saturated heterocycles. The number of carbonyl (C=O) groups excluding carboxylic acids is 1. The molecule has 0 bridgehead atoms. The standard InChI is InChI=1S/C18H24N4OS/c1-12-9-13(2)17(14(3)10-12)19-16(23)11-24-18-21-20-15-7-5-4-6-8-22(15)18/h9-10H,4-8,11H2,1-3H3,(H,19,23). The Balaban J connectivity index is 1.64. The largest absolute Gasteiger partial charge is 0.325 e. The minimum atomic E-state index is 0.000949. The van der Waals surface area contributed by atoms with E-state index in [2.05, 4.69) is 39.1 Å². The van der Waals surface area contributed by atoms with E-state index in [4.69, 9.17) is 0 Å². The first kappa shape index (κ1) is 17.0. The normalized spacial score (nSPS) is 14.1. The molecule has 1 aliphatic rings. The van der Waals surface area contributed by atoms with Gasteiger partial charge in [0.05, 0.1) is 5.75 Å². The molecule has 1 amide bonds. The summed E-state index contributed by atoms with van der Waals surface area (Å²) in [4.78, 5) is 12.3. The molecule has 6 heteroatoms. The minimum absolute atomic E-state index is 0.000949. The van der Waals surface area contributed by atoms with Gasteiger partial charge in [0, 0.05) is 18.7 Å². The van der Waals surface area contributed by atoms with Crippen LogP contribution in [0.4, 0.5) is 5.69 Å². The van der Waals surface area contributed by atoms with Crippen LogP contribution in [-0.2, 0) is 17.8 Å². The number of rotatable bonds is 4. The summed E-state index contributed by atoms with van der Waals surface area (Å²) in [6.45, 7) is 7.09. The van der Waals surface area contributed by atoms with E-state index < -0.39 is 0 Å². The maximum Gasteiger partial charge on any atom is 0.234 e. The average molecular weight is 344 g/mol. The Kier molecular flexibility index (Phi) is 5.23. The maximum absolute atomic E-state index is 12.3. The van der Waals surface area contributed by atoms with Crippen LogP contribution >= 0.6 is 11.8 Å². The monoisotopic (exact) mass is 344 g/mol. The number of thioether (sulfide) groups is 1. The zero-order chi connectivity index (χ0) is 17.1. The second kappa shape index (κ2) is 7.38. The minimum Gasteiger partial charge on any atom is -0.325 e. The van der Waals surface area contributed by atoms with E-state index >= 15 is 0 Å². The Morgan fingerprint density at radius 3 is 2.67 bits per heavy atom. The molecule has 1 aromatic heterocycles. The van der Waals surface area contributed by atoms with Crippen LogP contribution < -0.4 is 5.32 Å². The van der Waals surface area contributed by atoms with Crippen LogP contribution in [0.2, 0.25) is 0 Å². The second-order valence-electron chi connectivity index (χ2n) is 6.47. The lowest BCUT2D eigenvalue weighted by Gasteiger charge is -2.13. The quantitative estimate of drug-likeness (QED) is 0.860. The van der Waals surface area contributed by atoms with Crippen molar-refractivity contribution in [1.82, 2.24) is 14.8 Å². The number of aryl methyl sites for hydroxylation is 4. The van der Waals surface area contributed by atoms with Crippen LogP contribution in [0.15, 0.2) is 17.3 Å². The summed E-state index contributed by atoms with van der Waals surface area (Å²) in [5.41, 5.74) is 4.33. The molecule has 5 nitrogen and oxygen atoms in total. The Hall–Kier alpha value is -1.82. The summed E-state index contributed by atoms with van der Waals surface area (Å²) in [5.74, 6) is 1.41. The van der Waals surface area contributed by atoms with Crippen molar-refractivity contribution in [2.24, 2.45) is 0 Å². The van der Waals surface area contributed by atoms with Gasteiger partial charge in [-0.2, -0.15) is 0 Å². The number of benzene rings is 1. The lowest BCUT2D eigenvalue weighted by atomic mass is 10.1. The predicted octanol–water partition coefficient (Wildman–Crippen LogP) is 3.66. The fourth-order valence-electron chi connectivity index (χ4n) is 3.25. The summed E-state index contributed by atoms with van der Waals surface area (Å²) >= 11 is 1.47. The highest BCUT2D eigenvalue weighted by atomic mass is 32.2. The third-order valence-electron chi connectivity index (χ3n) is 4.35. The van der Waals surface area contributed by atoms with Gasteiger partial charge in [-0.3, -0.25) is 4.79 Å². The first-order valence-corrected chi connectivity index (χ1v) is 9.45. The van der Waals surface area contributed by atoms with Gasteiger partial charge in [-0.25, -0.2) is 0 Å². The summed E-state index contributed by atoms with van der Waals surface area (Å²) < 4.78 is 2.17. The number of anilines is 1. The summed E-state index contributed by atoms with van der Waals surface area (Å²) in [6, 6.07) is 4.18. The summed E-state index contributed by atoms with van der Waals surface area (Å²) in [7, 11) is 0. The number of amides is 1. The van der Waals surface area contributed by atoms with Gasteiger partial charge in [-0.05, 0) is 44.7 Å². The number of aromatic nitrogens is 3. The Bertz CT molecular complexity index is 730. The first-order valence-electron chi connectivity index (χ1n) is 8.47. The molecule has 0 unspecified atom stereocenters. The van der Waals surface area contributed by atoms with Crippen LogP contribution in [0.5, 0.6) is 0 Å². The molecule has 0 saturated carbocycles. The maximum atomic E-state index is 12.3. The molecule has 2 aromatic rings. The van der Waals surface area contributed by atoms with Gasteiger partial charge in [0.1, 0.15) is 5.82 Å². The van der Waals surface area contributed by atoms with Gasteiger partial charge in [0.15, 0.2) is 5.16 Å². The molecule has 0 atom stereocenters. The Labute approximate surface area is 147 Å². The number of carbonyl (C=O) groups is 1. The average Bonchev–Trinajstić information content (AvgIpc) is 2.75. The third-order valence-corrected chi connectivity index (χ3v) is 5.32. The number of nitrogens with zero attached hydrogens (tertiary/aromatic N) is 3. The summed E-state index contributed by atoms with van der Waals surface area (Å²) in [5, 5.41) is 12.4. The van der Waals surface area contributed by atoms with Crippen molar-refractivity contribution in [2.75, 3.05) is 11.1 Å². The molecule has 1 N–H and O–H groups in total.